The molecule has 8 rings (SSSR count). The van der Waals surface area contributed by atoms with Gasteiger partial charge in [0.1, 0.15) is 0 Å². The average molecular weight is 613 g/mol. The second kappa shape index (κ2) is 13.2. The molecule has 0 aliphatic heterocycles. The van der Waals surface area contributed by atoms with Crippen LogP contribution in [0.4, 0.5) is 0 Å². The van der Waals surface area contributed by atoms with Gasteiger partial charge in [0, 0.05) is 34.6 Å². The lowest BCUT2D eigenvalue weighted by molar-refractivity contribution is 1.32. The Hall–Kier alpha value is -6.38. The average Bonchev–Trinajstić information content (AvgIpc) is 3.18. The summed E-state index contributed by atoms with van der Waals surface area (Å²) in [6.07, 6.45) is 3.79. The zero-order valence-corrected chi connectivity index (χ0v) is 26.4. The van der Waals surface area contributed by atoms with Gasteiger partial charge in [0.25, 0.3) is 0 Å². The summed E-state index contributed by atoms with van der Waals surface area (Å²) >= 11 is 0. The quantitative estimate of drug-likeness (QED) is 0.179. The minimum absolute atomic E-state index is 0.946. The van der Waals surface area contributed by atoms with Crippen molar-refractivity contribution in [2.45, 2.75) is 0 Å². The lowest BCUT2D eigenvalue weighted by atomic mass is 9.86. The van der Waals surface area contributed by atoms with Crippen LogP contribution in [-0.4, -0.2) is 9.97 Å². The fourth-order valence-electron chi connectivity index (χ4n) is 6.70. The molecule has 6 aromatic carbocycles. The summed E-state index contributed by atoms with van der Waals surface area (Å²) in [6.45, 7) is 0. The molecule has 2 aromatic heterocycles. The van der Waals surface area contributed by atoms with E-state index in [0.29, 0.717) is 0 Å². The first-order valence-corrected chi connectivity index (χ1v) is 16.3. The molecule has 2 nitrogen and oxygen atoms in total. The van der Waals surface area contributed by atoms with Crippen molar-refractivity contribution in [3.63, 3.8) is 0 Å². The molecular weight excluding hydrogens is 581 g/mol. The number of rotatable bonds is 7. The Morgan fingerprint density at radius 1 is 0.208 bits per heavy atom. The van der Waals surface area contributed by atoms with E-state index in [0.717, 1.165) is 55.9 Å². The van der Waals surface area contributed by atoms with Crippen LogP contribution in [0.2, 0.25) is 0 Å². The number of benzene rings is 6. The highest BCUT2D eigenvalue weighted by Crippen LogP contribution is 2.44. The second-order valence-electron chi connectivity index (χ2n) is 11.7. The van der Waals surface area contributed by atoms with Crippen LogP contribution in [0.3, 0.4) is 0 Å². The van der Waals surface area contributed by atoms with E-state index < -0.39 is 0 Å². The molecule has 0 aliphatic rings. The lowest BCUT2D eigenvalue weighted by Gasteiger charge is -2.19. The lowest BCUT2D eigenvalue weighted by Crippen LogP contribution is -1.96. The van der Waals surface area contributed by atoms with Crippen LogP contribution in [0.1, 0.15) is 0 Å². The molecule has 0 atom stereocenters. The van der Waals surface area contributed by atoms with E-state index >= 15 is 0 Å². The van der Waals surface area contributed by atoms with Gasteiger partial charge in [-0.2, -0.15) is 0 Å². The summed E-state index contributed by atoms with van der Waals surface area (Å²) in [5, 5.41) is 0. The van der Waals surface area contributed by atoms with Gasteiger partial charge in [-0.3, -0.25) is 9.97 Å². The first kappa shape index (κ1) is 29.1. The Morgan fingerprint density at radius 2 is 0.479 bits per heavy atom. The largest absolute Gasteiger partial charge is 0.256 e. The molecule has 0 aliphatic carbocycles. The smallest absolute Gasteiger partial charge is 0.0786 e. The van der Waals surface area contributed by atoms with Crippen molar-refractivity contribution in [3.8, 4) is 78.1 Å². The molecule has 0 N–H and O–H groups in total. The van der Waals surface area contributed by atoms with Gasteiger partial charge in [-0.25, -0.2) is 0 Å². The van der Waals surface area contributed by atoms with Gasteiger partial charge in [0.05, 0.1) is 11.4 Å². The normalized spacial score (nSPS) is 10.9. The number of hydrogen-bond acceptors (Lipinski definition) is 2. The van der Waals surface area contributed by atoms with E-state index in [-0.39, 0.29) is 0 Å². The molecule has 8 aromatic rings. The summed E-state index contributed by atoms with van der Waals surface area (Å²) in [6, 6.07) is 64.0. The van der Waals surface area contributed by atoms with Gasteiger partial charge in [-0.05, 0) is 56.6 Å². The van der Waals surface area contributed by atoms with Gasteiger partial charge in [-0.1, -0.05) is 170 Å². The molecule has 0 spiro atoms. The summed E-state index contributed by atoms with van der Waals surface area (Å²) in [5.41, 5.74) is 15.5. The third kappa shape index (κ3) is 5.50. The van der Waals surface area contributed by atoms with Crippen LogP contribution < -0.4 is 0 Å². The van der Waals surface area contributed by atoms with E-state index in [4.69, 9.17) is 9.97 Å². The Kier molecular flexibility index (Phi) is 7.96. The fourth-order valence-corrected chi connectivity index (χ4v) is 6.70. The van der Waals surface area contributed by atoms with Crippen LogP contribution in [0.5, 0.6) is 0 Å². The number of pyridine rings is 2. The molecule has 0 unspecified atom stereocenters. The topological polar surface area (TPSA) is 25.8 Å². The summed E-state index contributed by atoms with van der Waals surface area (Å²) in [5.74, 6) is 0. The van der Waals surface area contributed by atoms with Crippen molar-refractivity contribution in [1.29, 1.82) is 0 Å². The maximum Gasteiger partial charge on any atom is 0.0786 e. The van der Waals surface area contributed by atoms with Gasteiger partial charge in [-0.15, -0.1) is 0 Å². The predicted molar refractivity (Wildman–Crippen MR) is 200 cm³/mol. The van der Waals surface area contributed by atoms with E-state index in [2.05, 4.69) is 170 Å². The number of nitrogens with zero attached hydrogens (tertiary/aromatic N) is 2. The third-order valence-corrected chi connectivity index (χ3v) is 8.87. The monoisotopic (exact) mass is 612 g/mol. The van der Waals surface area contributed by atoms with Crippen molar-refractivity contribution < 1.29 is 0 Å². The van der Waals surface area contributed by atoms with E-state index in [1.807, 2.05) is 24.5 Å². The number of hydrogen-bond donors (Lipinski definition) is 0. The van der Waals surface area contributed by atoms with Crippen molar-refractivity contribution in [2.75, 3.05) is 0 Å². The van der Waals surface area contributed by atoms with Gasteiger partial charge in [0.2, 0.25) is 0 Å². The number of aromatic nitrogens is 2. The highest BCUT2D eigenvalue weighted by Gasteiger charge is 2.20. The van der Waals surface area contributed by atoms with Crippen molar-refractivity contribution in [2.24, 2.45) is 0 Å². The Bertz CT molecular complexity index is 2170. The molecule has 0 fully saturated rings. The predicted octanol–water partition coefficient (Wildman–Crippen LogP) is 12.1. The molecule has 0 radical (unpaired) electrons. The second-order valence-corrected chi connectivity index (χ2v) is 11.7. The molecule has 2 heterocycles. The standard InChI is InChI=1S/C46H32N2/c1-3-17-33(18-4-1)35-21-7-9-23-37(35)43-29-15-31-47-45(43)41-27-13-11-25-39(41)40-26-12-14-28-42(40)46-44(30-16-32-48-46)38-24-10-8-22-36(38)34-19-5-2-6-20-34/h1-32H. The maximum absolute atomic E-state index is 5.04. The van der Waals surface area contributed by atoms with E-state index in [1.165, 1.54) is 22.3 Å². The van der Waals surface area contributed by atoms with Gasteiger partial charge < -0.3 is 0 Å². The molecule has 226 valence electrons. The zero-order valence-electron chi connectivity index (χ0n) is 26.4. The minimum atomic E-state index is 0.946. The molecule has 0 saturated heterocycles. The Morgan fingerprint density at radius 3 is 0.854 bits per heavy atom. The Labute approximate surface area is 281 Å². The summed E-state index contributed by atoms with van der Waals surface area (Å²) in [7, 11) is 0. The molecule has 0 saturated carbocycles. The van der Waals surface area contributed by atoms with Crippen LogP contribution >= 0.6 is 0 Å². The maximum atomic E-state index is 5.04. The highest BCUT2D eigenvalue weighted by molar-refractivity contribution is 5.99. The van der Waals surface area contributed by atoms with Crippen molar-refractivity contribution >= 4 is 0 Å². The highest BCUT2D eigenvalue weighted by atomic mass is 14.7. The Balaban J connectivity index is 1.31. The molecule has 48 heavy (non-hydrogen) atoms. The van der Waals surface area contributed by atoms with Crippen molar-refractivity contribution in [3.05, 3.63) is 194 Å². The zero-order chi connectivity index (χ0) is 32.1. The van der Waals surface area contributed by atoms with Gasteiger partial charge in [0.15, 0.2) is 0 Å². The fraction of sp³-hybridized carbons (Fsp3) is 0. The summed E-state index contributed by atoms with van der Waals surface area (Å²) in [4.78, 5) is 10.1. The van der Waals surface area contributed by atoms with E-state index in [9.17, 15) is 0 Å². The van der Waals surface area contributed by atoms with Crippen LogP contribution in [-0.2, 0) is 0 Å². The van der Waals surface area contributed by atoms with Crippen molar-refractivity contribution in [1.82, 2.24) is 9.97 Å². The minimum Gasteiger partial charge on any atom is -0.256 e. The third-order valence-electron chi connectivity index (χ3n) is 8.87. The first-order valence-electron chi connectivity index (χ1n) is 16.3. The van der Waals surface area contributed by atoms with Gasteiger partial charge >= 0.3 is 0 Å². The van der Waals surface area contributed by atoms with Crippen LogP contribution in [0.15, 0.2) is 194 Å². The summed E-state index contributed by atoms with van der Waals surface area (Å²) < 4.78 is 0. The van der Waals surface area contributed by atoms with E-state index in [1.54, 1.807) is 0 Å². The molecular formula is C46H32N2. The molecule has 0 amide bonds. The molecule has 2 heteroatoms. The first-order chi connectivity index (χ1) is 23.9. The van der Waals surface area contributed by atoms with Crippen LogP contribution in [0.25, 0.3) is 78.1 Å². The molecule has 0 bridgehead atoms. The van der Waals surface area contributed by atoms with Crippen LogP contribution in [0, 0.1) is 0 Å². The SMILES string of the molecule is c1ccc(-c2ccccc2-c2cccnc2-c2ccccc2-c2ccccc2-c2ncccc2-c2ccccc2-c2ccccc2)cc1.